The van der Waals surface area contributed by atoms with E-state index in [1.54, 1.807) is 0 Å². The van der Waals surface area contributed by atoms with Gasteiger partial charge in [0.25, 0.3) is 0 Å². The number of carbonyl (C=O) groups is 4. The second-order valence-electron chi connectivity index (χ2n) is 1.97. The van der Waals surface area contributed by atoms with E-state index in [0.29, 0.717) is 0 Å². The molecule has 0 aliphatic carbocycles. The first-order valence-electron chi connectivity index (χ1n) is 3.63. The van der Waals surface area contributed by atoms with E-state index in [-0.39, 0.29) is 54.9 Å². The van der Waals surface area contributed by atoms with E-state index >= 15 is 0 Å². The molecule has 0 bridgehead atoms. The molecule has 0 spiro atoms. The van der Waals surface area contributed by atoms with Crippen LogP contribution in [0.25, 0.3) is 0 Å². The molecule has 0 aromatic rings. The van der Waals surface area contributed by atoms with Crippen LogP contribution in [-0.2, 0) is 52.2 Å². The molecule has 0 rings (SSSR count). The summed E-state index contributed by atoms with van der Waals surface area (Å²) in [5.74, 6) is -4.33. The summed E-state index contributed by atoms with van der Waals surface area (Å²) in [5, 5.41) is 35.6. The van der Waals surface area contributed by atoms with E-state index in [2.05, 4.69) is 0 Å². The average molecular weight is 426 g/mol. The summed E-state index contributed by atoms with van der Waals surface area (Å²) in [6.07, 6.45) is 0. The van der Waals surface area contributed by atoms with Gasteiger partial charge in [-0.25, -0.2) is 0 Å². The van der Waals surface area contributed by atoms with Crippen molar-refractivity contribution in [1.82, 2.24) is 0 Å². The first-order valence-corrected chi connectivity index (χ1v) is 3.63. The van der Waals surface area contributed by atoms with Crippen LogP contribution in [0.1, 0.15) is 27.7 Å². The Hall–Kier alpha value is -1.29. The van der Waals surface area contributed by atoms with Gasteiger partial charge in [0.05, 0.1) is 0 Å². The van der Waals surface area contributed by atoms with Crippen LogP contribution in [0.2, 0.25) is 0 Å². The third-order valence-corrected chi connectivity index (χ3v) is 0. The molecule has 0 aromatic carbocycles. The van der Waals surface area contributed by atoms with Crippen molar-refractivity contribution in [3.63, 3.8) is 0 Å². The van der Waals surface area contributed by atoms with Crippen LogP contribution in [-0.4, -0.2) is 45.8 Å². The molecule has 0 saturated carbocycles. The van der Waals surface area contributed by atoms with Crippen LogP contribution in [0.15, 0.2) is 0 Å². The van der Waals surface area contributed by atoms with E-state index in [1.165, 1.54) is 0 Å². The molecule has 0 heterocycles. The Labute approximate surface area is 146 Å². The van der Waals surface area contributed by atoms with Crippen LogP contribution in [0.4, 0.5) is 0 Å². The summed E-state index contributed by atoms with van der Waals surface area (Å²) in [6.45, 7) is 3.89. The van der Waals surface area contributed by atoms with Gasteiger partial charge in [-0.15, -0.1) is 0 Å². The molecule has 0 radical (unpaired) electrons. The van der Waals surface area contributed by atoms with Gasteiger partial charge >= 0.3 is 33.0 Å². The number of aliphatic carboxylic acids is 4. The van der Waals surface area contributed by atoms with E-state index < -0.39 is 23.9 Å². The second kappa shape index (κ2) is 60.2. The Kier molecular flexibility index (Phi) is 192. The first-order chi connectivity index (χ1) is 6.93. The van der Waals surface area contributed by atoms with Gasteiger partial charge in [0.1, 0.15) is 0 Å². The van der Waals surface area contributed by atoms with Gasteiger partial charge in [-0.2, -0.15) is 0 Å². The van der Waals surface area contributed by atoms with Gasteiger partial charge in [0.2, 0.25) is 0 Å². The van der Waals surface area contributed by atoms with Crippen molar-refractivity contribution in [1.29, 1.82) is 0 Å². The number of carboxylic acids is 4. The predicted octanol–water partition coefficient (Wildman–Crippen LogP) is -8.28. The van der Waals surface area contributed by atoms with Gasteiger partial charge in [0, 0.05) is 23.9 Å². The van der Waals surface area contributed by atoms with Gasteiger partial charge in [0.15, 0.2) is 0 Å². The van der Waals surface area contributed by atoms with E-state index in [0.717, 1.165) is 27.7 Å². The molecule has 0 aromatic heterocycles. The molecule has 0 unspecified atom stereocenters. The zero-order valence-electron chi connectivity index (χ0n) is 11.9. The topological polar surface area (TPSA) is 287 Å². The molecule has 8 N–H and O–H groups in total. The fourth-order valence-electron chi connectivity index (χ4n) is 0. The zero-order valence-corrected chi connectivity index (χ0v) is 13.9. The Balaban J connectivity index is -0.00000001000. The molecule has 0 fully saturated rings. The third-order valence-electron chi connectivity index (χ3n) is 0. The summed E-state index contributed by atoms with van der Waals surface area (Å²) < 4.78 is 0. The number of hydrogen-bond acceptors (Lipinski definition) is 8. The van der Waals surface area contributed by atoms with Crippen molar-refractivity contribution in [2.75, 3.05) is 0 Å². The van der Waals surface area contributed by atoms with Gasteiger partial charge in [-0.1, -0.05) is 0 Å². The summed E-state index contributed by atoms with van der Waals surface area (Å²) in [4.78, 5) is 35.6. The maximum atomic E-state index is 8.89. The third kappa shape index (κ3) is 3510. The minimum absolute atomic E-state index is 0. The van der Waals surface area contributed by atoms with Crippen molar-refractivity contribution >= 4 is 23.9 Å². The molecule has 0 aliphatic heterocycles. The molecule has 0 atom stereocenters. The molecule has 12 nitrogen and oxygen atoms in total. The van der Waals surface area contributed by atoms with Crippen LogP contribution in [0.5, 0.6) is 0 Å². The molecular weight excluding hydrogens is 405 g/mol. The molecule has 0 saturated heterocycles. The number of hydrogen-bond donors (Lipinski definition) is 0. The number of carboxylic acid groups (broad SMARTS) is 4. The summed E-state index contributed by atoms with van der Waals surface area (Å²) in [7, 11) is 0. The van der Waals surface area contributed by atoms with Gasteiger partial charge in [-0.05, 0) is 27.7 Å². The molecule has 0 aliphatic rings. The van der Waals surface area contributed by atoms with E-state index in [4.69, 9.17) is 39.6 Å². The molecular formula is C8H20Ni2O12. The van der Waals surface area contributed by atoms with Crippen molar-refractivity contribution in [2.45, 2.75) is 27.7 Å². The predicted molar refractivity (Wildman–Crippen MR) is 57.2 cm³/mol. The second-order valence-corrected chi connectivity index (χ2v) is 1.97. The minimum atomic E-state index is -1.08. The number of carbonyl (C=O) groups excluding carboxylic acids is 4. The fourth-order valence-corrected chi connectivity index (χ4v) is 0. The van der Waals surface area contributed by atoms with Crippen molar-refractivity contribution in [3.8, 4) is 0 Å². The molecule has 144 valence electrons. The summed E-state index contributed by atoms with van der Waals surface area (Å²) in [5.41, 5.74) is 0. The van der Waals surface area contributed by atoms with E-state index in [9.17, 15) is 0 Å². The quantitative estimate of drug-likeness (QED) is 0.334. The van der Waals surface area contributed by atoms with Crippen LogP contribution in [0.3, 0.4) is 0 Å². The van der Waals surface area contributed by atoms with Gasteiger partial charge in [-0.3, -0.25) is 0 Å². The Morgan fingerprint density at radius 1 is 0.455 bits per heavy atom. The normalized spacial score (nSPS) is 4.55. The largest absolute Gasteiger partial charge is 2.00 e. The maximum absolute atomic E-state index is 8.89. The maximum Gasteiger partial charge on any atom is 2.00 e. The van der Waals surface area contributed by atoms with E-state index in [1.807, 2.05) is 0 Å². The fraction of sp³-hybridized carbons (Fsp3) is 0.500. The SMILES string of the molecule is CC(=O)[O-].CC(=O)[O-].CC(=O)[O-].CC(=O)[O-].O.O.O.O.[Ni+2].[Ni+2]. The van der Waals surface area contributed by atoms with Crippen LogP contribution >= 0.6 is 0 Å². The smallest absolute Gasteiger partial charge is 0.550 e. The average Bonchev–Trinajstić information content (AvgIpc) is 1.76. The summed E-state index contributed by atoms with van der Waals surface area (Å²) in [6, 6.07) is 0. The van der Waals surface area contributed by atoms with Crippen molar-refractivity contribution < 1.29 is 94.5 Å². The molecule has 14 heteroatoms. The zero-order chi connectivity index (χ0) is 14.3. The van der Waals surface area contributed by atoms with Crippen LogP contribution < -0.4 is 20.4 Å². The van der Waals surface area contributed by atoms with Crippen LogP contribution in [0, 0.1) is 0 Å². The first kappa shape index (κ1) is 70.1. The number of rotatable bonds is 0. The molecule has 0 amide bonds. The Bertz CT molecular complexity index is 169. The monoisotopic (exact) mass is 424 g/mol. The van der Waals surface area contributed by atoms with Crippen molar-refractivity contribution in [3.05, 3.63) is 0 Å². The van der Waals surface area contributed by atoms with Gasteiger partial charge < -0.3 is 61.5 Å². The van der Waals surface area contributed by atoms with Crippen molar-refractivity contribution in [2.24, 2.45) is 0 Å². The minimum Gasteiger partial charge on any atom is -0.550 e. The summed E-state index contributed by atoms with van der Waals surface area (Å²) >= 11 is 0. The molecule has 22 heavy (non-hydrogen) atoms. The Morgan fingerprint density at radius 3 is 0.455 bits per heavy atom. The standard InChI is InChI=1S/4C2H4O2.2Ni.4H2O/c4*1-2(3)4;;;;;;/h4*1H3,(H,3,4);;;4*1H2/q;;;;2*+2;;;;/p-4. The Morgan fingerprint density at radius 2 is 0.455 bits per heavy atom.